The quantitative estimate of drug-likeness (QED) is 0.439. The van der Waals surface area contributed by atoms with Crippen LogP contribution >= 0.6 is 11.6 Å². The second-order valence-corrected chi connectivity index (χ2v) is 6.80. The average Bonchev–Trinajstić information content (AvgIpc) is 2.91. The molecule has 3 rings (SSSR count). The van der Waals surface area contributed by atoms with Crippen LogP contribution in [-0.4, -0.2) is 42.9 Å². The molecule has 7 nitrogen and oxygen atoms in total. The van der Waals surface area contributed by atoms with Crippen LogP contribution in [0.1, 0.15) is 26.2 Å². The molecule has 0 aliphatic heterocycles. The molecule has 0 radical (unpaired) electrons. The summed E-state index contributed by atoms with van der Waals surface area (Å²) in [5.41, 5.74) is -2.67. The van der Waals surface area contributed by atoms with Crippen LogP contribution in [0, 0.1) is 17.1 Å². The molecular weight excluding hydrogens is 445 g/mol. The highest BCUT2D eigenvalue weighted by molar-refractivity contribution is 6.31. The fourth-order valence-corrected chi connectivity index (χ4v) is 2.63. The van der Waals surface area contributed by atoms with Crippen molar-refractivity contribution in [2.24, 2.45) is 0 Å². The van der Waals surface area contributed by atoms with Crippen LogP contribution in [0.5, 0.6) is 5.75 Å². The Balaban J connectivity index is 2.41. The third-order valence-electron chi connectivity index (χ3n) is 3.83. The molecule has 0 saturated carbocycles. The number of pyridine rings is 1. The topological polar surface area (TPSA) is 90.3 Å². The smallest absolute Gasteiger partial charge is 0.248 e. The number of fused-ring (bicyclic) bond motifs is 1. The maximum atomic E-state index is 14.2. The van der Waals surface area contributed by atoms with Gasteiger partial charge in [-0.2, -0.15) is 5.26 Å². The van der Waals surface area contributed by atoms with Crippen molar-refractivity contribution in [2.45, 2.75) is 6.92 Å². The van der Waals surface area contributed by atoms with Crippen LogP contribution in [0.15, 0.2) is 48.5 Å². The van der Waals surface area contributed by atoms with Gasteiger partial charge in [-0.1, -0.05) is 17.7 Å². The van der Waals surface area contributed by atoms with Crippen LogP contribution in [0.4, 0.5) is 21.5 Å². The second-order valence-electron chi connectivity index (χ2n) is 6.42. The predicted molar refractivity (Wildman–Crippen MR) is 129 cm³/mol. The average molecular weight is 478 g/mol. The Kier molecular flexibility index (Phi) is 4.50. The standard InChI is InChI=1S/C24H23ClFN5O2/c1-4-33-22-12-20-17(11-21(22)30-23(32)6-5-9-31(2)3)24(15(13-27)14-28-20)29-16-7-8-19(26)18(25)10-16/h5-8,10-12,14H,4,9H2,1-3H3,(H,28,29)(H,30,32)/b6-5+/i4D2,7D,8D,9D2,10D,11D,12D,14D. The molecule has 33 heavy (non-hydrogen) atoms. The van der Waals surface area contributed by atoms with Crippen LogP contribution in [0.3, 0.4) is 0 Å². The number of ether oxygens (including phenoxy) is 1. The highest BCUT2D eigenvalue weighted by Crippen LogP contribution is 2.36. The molecule has 0 fully saturated rings. The van der Waals surface area contributed by atoms with Gasteiger partial charge in [0.15, 0.2) is 0 Å². The number of rotatable bonds is 8. The van der Waals surface area contributed by atoms with Crippen LogP contribution in [-0.2, 0) is 4.79 Å². The van der Waals surface area contributed by atoms with Gasteiger partial charge >= 0.3 is 0 Å². The number of carbonyl (C=O) groups excluding carboxylic acids is 1. The molecule has 3 aromatic rings. The maximum absolute atomic E-state index is 14.2. The van der Waals surface area contributed by atoms with Crippen molar-refractivity contribution < 1.29 is 27.6 Å². The van der Waals surface area contributed by atoms with E-state index < -0.39 is 105 Å². The van der Waals surface area contributed by atoms with Gasteiger partial charge in [0.25, 0.3) is 0 Å². The van der Waals surface area contributed by atoms with E-state index in [0.29, 0.717) is 0 Å². The number of nitrogens with one attached hydrogen (secondary N) is 2. The van der Waals surface area contributed by atoms with Crippen LogP contribution in [0.2, 0.25) is 5.02 Å². The van der Waals surface area contributed by atoms with E-state index in [9.17, 15) is 14.4 Å². The summed E-state index contributed by atoms with van der Waals surface area (Å²) in [7, 11) is 2.85. The number of anilines is 3. The minimum absolute atomic E-state index is 0.421. The molecule has 0 atom stereocenters. The van der Waals surface area contributed by atoms with Crippen LogP contribution in [0.25, 0.3) is 10.9 Å². The summed E-state index contributed by atoms with van der Waals surface area (Å²) in [5, 5.41) is 13.4. The van der Waals surface area contributed by atoms with Gasteiger partial charge in [-0.25, -0.2) is 4.39 Å². The Morgan fingerprint density at radius 3 is 2.91 bits per heavy atom. The highest BCUT2D eigenvalue weighted by atomic mass is 35.5. The lowest BCUT2D eigenvalue weighted by Crippen LogP contribution is -2.13. The fourth-order valence-electron chi connectivity index (χ4n) is 2.49. The first-order chi connectivity index (χ1) is 19.7. The largest absolute Gasteiger partial charge is 0.492 e. The van der Waals surface area contributed by atoms with Gasteiger partial charge in [0, 0.05) is 38.6 Å². The molecule has 0 aliphatic rings. The van der Waals surface area contributed by atoms with E-state index in [4.69, 9.17) is 30.0 Å². The molecule has 2 N–H and O–H groups in total. The molecule has 0 spiro atoms. The van der Waals surface area contributed by atoms with Gasteiger partial charge in [0.2, 0.25) is 5.91 Å². The highest BCUT2D eigenvalue weighted by Gasteiger charge is 2.15. The Morgan fingerprint density at radius 2 is 2.21 bits per heavy atom. The Morgan fingerprint density at radius 1 is 1.42 bits per heavy atom. The van der Waals surface area contributed by atoms with Crippen molar-refractivity contribution in [1.82, 2.24) is 9.88 Å². The first-order valence-corrected chi connectivity index (χ1v) is 9.57. The van der Waals surface area contributed by atoms with Crippen molar-refractivity contribution in [3.05, 3.63) is 64.9 Å². The summed E-state index contributed by atoms with van der Waals surface area (Å²) in [6.07, 6.45) is 0.974. The van der Waals surface area contributed by atoms with E-state index in [2.05, 4.69) is 15.6 Å². The third-order valence-corrected chi connectivity index (χ3v) is 4.09. The number of aromatic nitrogens is 1. The minimum Gasteiger partial charge on any atom is -0.492 e. The maximum Gasteiger partial charge on any atom is 0.248 e. The van der Waals surface area contributed by atoms with Gasteiger partial charge in [0.05, 0.1) is 45.0 Å². The Labute approximate surface area is 210 Å². The number of nitriles is 1. The van der Waals surface area contributed by atoms with E-state index in [0.717, 1.165) is 19.1 Å². The number of amides is 1. The van der Waals surface area contributed by atoms with Crippen molar-refractivity contribution >= 4 is 45.5 Å². The molecule has 2 aromatic carbocycles. The van der Waals surface area contributed by atoms with Crippen molar-refractivity contribution in [3.63, 3.8) is 0 Å². The third kappa shape index (κ3) is 5.98. The number of likely N-dealkylation sites (N-methyl/N-ethyl adjacent to an activating group) is 1. The SMILES string of the molecule is [2H]c1nc2c([2H])c(OC([2H])([2H])C)c(NC(=O)/C=C/C([2H])([2H])N(C)C)c([2H])c2c(Nc2c([2H])c([2H])c(F)c(Cl)c2[2H])c1C#N. The zero-order valence-electron chi connectivity index (χ0n) is 27.6. The summed E-state index contributed by atoms with van der Waals surface area (Å²) in [4.78, 5) is 17.9. The van der Waals surface area contributed by atoms with E-state index in [1.54, 1.807) is 6.07 Å². The molecule has 170 valence electrons. The summed E-state index contributed by atoms with van der Waals surface area (Å²) in [6.45, 7) is -3.54. The van der Waals surface area contributed by atoms with E-state index in [-0.39, 0.29) is 0 Å². The van der Waals surface area contributed by atoms with Gasteiger partial charge in [-0.3, -0.25) is 9.78 Å². The summed E-state index contributed by atoms with van der Waals surface area (Å²) >= 11 is 5.83. The number of carbonyl (C=O) groups is 1. The fraction of sp³-hybridized carbons (Fsp3) is 0.208. The monoisotopic (exact) mass is 477 g/mol. The Hall–Kier alpha value is -3.67. The zero-order valence-corrected chi connectivity index (χ0v) is 18.3. The number of hydrogen-bond acceptors (Lipinski definition) is 6. The first kappa shape index (κ1) is 13.8. The number of benzene rings is 2. The second kappa shape index (κ2) is 10.8. The van der Waals surface area contributed by atoms with E-state index in [1.807, 2.05) is 0 Å². The molecule has 0 bridgehead atoms. The number of hydrogen-bond donors (Lipinski definition) is 2. The Bertz CT molecular complexity index is 1700. The normalized spacial score (nSPS) is 16.3. The van der Waals surface area contributed by atoms with E-state index >= 15 is 0 Å². The summed E-state index contributed by atoms with van der Waals surface area (Å²) in [5.74, 6) is -3.03. The molecule has 0 aliphatic carbocycles. The lowest BCUT2D eigenvalue weighted by Gasteiger charge is -2.16. The minimum atomic E-state index is -2.46. The molecule has 1 heterocycles. The molecular formula is C24H23ClFN5O2. The number of halogens is 2. The molecule has 0 unspecified atom stereocenters. The lowest BCUT2D eigenvalue weighted by molar-refractivity contribution is -0.111. The summed E-state index contributed by atoms with van der Waals surface area (Å²) in [6, 6.07) is -2.37. The van der Waals surface area contributed by atoms with Crippen LogP contribution < -0.4 is 15.4 Å². The molecule has 0 saturated heterocycles. The lowest BCUT2D eigenvalue weighted by atomic mass is 10.1. The first-order valence-electron chi connectivity index (χ1n) is 14.2. The van der Waals surface area contributed by atoms with Gasteiger partial charge in [0.1, 0.15) is 17.6 Å². The van der Waals surface area contributed by atoms with Gasteiger partial charge in [-0.15, -0.1) is 0 Å². The van der Waals surface area contributed by atoms with Crippen molar-refractivity contribution in [2.75, 3.05) is 37.8 Å². The van der Waals surface area contributed by atoms with Crippen molar-refractivity contribution in [3.8, 4) is 11.8 Å². The molecule has 1 amide bonds. The number of nitrogens with zero attached hydrogens (tertiary/aromatic N) is 3. The van der Waals surface area contributed by atoms with Gasteiger partial charge < -0.3 is 20.3 Å². The van der Waals surface area contributed by atoms with Crippen molar-refractivity contribution in [1.29, 1.82) is 5.26 Å². The predicted octanol–water partition coefficient (Wildman–Crippen LogP) is 5.10. The summed E-state index contributed by atoms with van der Waals surface area (Å²) < 4.78 is 101. The molecule has 9 heteroatoms. The molecule has 1 aromatic heterocycles. The van der Waals surface area contributed by atoms with Gasteiger partial charge in [-0.05, 0) is 45.2 Å². The zero-order chi connectivity index (χ0) is 32.8. The van der Waals surface area contributed by atoms with E-state index in [1.165, 1.54) is 19.0 Å².